The summed E-state index contributed by atoms with van der Waals surface area (Å²) in [5.41, 5.74) is 1.36. The highest BCUT2D eigenvalue weighted by Crippen LogP contribution is 2.40. The van der Waals surface area contributed by atoms with E-state index in [0.717, 1.165) is 4.90 Å². The number of aromatic hydroxyl groups is 1. The predicted octanol–water partition coefficient (Wildman–Crippen LogP) is 5.31. The summed E-state index contributed by atoms with van der Waals surface area (Å²) < 4.78 is 0. The lowest BCUT2D eigenvalue weighted by Crippen LogP contribution is -2.54. The first-order chi connectivity index (χ1) is 14.7. The van der Waals surface area contributed by atoms with Crippen molar-refractivity contribution in [3.63, 3.8) is 0 Å². The van der Waals surface area contributed by atoms with Crippen molar-refractivity contribution in [3.8, 4) is 5.75 Å². The number of carbonyl (C=O) groups is 3. The molecule has 0 radical (unpaired) electrons. The largest absolute Gasteiger partial charge is 0.507 e. The molecule has 168 valence electrons. The molecule has 1 aliphatic heterocycles. The van der Waals surface area contributed by atoms with Crippen molar-refractivity contribution in [2.24, 2.45) is 0 Å². The first-order valence-corrected chi connectivity index (χ1v) is 10.6. The quantitative estimate of drug-likeness (QED) is 0.475. The molecule has 3 rings (SSSR count). The van der Waals surface area contributed by atoms with Gasteiger partial charge in [-0.15, -0.1) is 0 Å². The molecule has 0 atom stereocenters. The van der Waals surface area contributed by atoms with Gasteiger partial charge in [0.2, 0.25) is 0 Å². The van der Waals surface area contributed by atoms with Gasteiger partial charge in [0, 0.05) is 16.1 Å². The van der Waals surface area contributed by atoms with E-state index in [1.165, 1.54) is 18.2 Å². The predicted molar refractivity (Wildman–Crippen MR) is 126 cm³/mol. The van der Waals surface area contributed by atoms with E-state index in [4.69, 9.17) is 11.6 Å². The number of phenolic OH excluding ortho intramolecular Hbond substituents is 1. The minimum Gasteiger partial charge on any atom is -0.507 e. The summed E-state index contributed by atoms with van der Waals surface area (Å²) in [4.78, 5) is 39.0. The lowest BCUT2D eigenvalue weighted by Gasteiger charge is -2.28. The average molecular weight is 455 g/mol. The third-order valence-electron chi connectivity index (χ3n) is 5.25. The van der Waals surface area contributed by atoms with Crippen LogP contribution in [0.5, 0.6) is 5.75 Å². The van der Waals surface area contributed by atoms with E-state index in [9.17, 15) is 19.5 Å². The van der Waals surface area contributed by atoms with Gasteiger partial charge in [-0.05, 0) is 58.9 Å². The van der Waals surface area contributed by atoms with Crippen LogP contribution in [0.1, 0.15) is 58.2 Å². The summed E-state index contributed by atoms with van der Waals surface area (Å²) in [6, 6.07) is 8.88. The number of anilines is 1. The number of hydrogen-bond acceptors (Lipinski definition) is 4. The van der Waals surface area contributed by atoms with Crippen LogP contribution in [0.4, 0.5) is 10.5 Å². The molecular formula is C25H27ClN2O4. The van der Waals surface area contributed by atoms with Crippen LogP contribution in [0.15, 0.2) is 42.0 Å². The first-order valence-electron chi connectivity index (χ1n) is 10.2. The molecule has 4 amide bonds. The van der Waals surface area contributed by atoms with Gasteiger partial charge in [0.25, 0.3) is 11.8 Å². The summed E-state index contributed by atoms with van der Waals surface area (Å²) in [6.07, 6.45) is 1.46. The Bertz CT molecular complexity index is 1100. The van der Waals surface area contributed by atoms with Crippen molar-refractivity contribution in [1.82, 2.24) is 5.32 Å². The Morgan fingerprint density at radius 1 is 0.906 bits per heavy atom. The fourth-order valence-electron chi connectivity index (χ4n) is 3.53. The monoisotopic (exact) mass is 454 g/mol. The zero-order valence-electron chi connectivity index (χ0n) is 19.0. The Morgan fingerprint density at radius 3 is 1.88 bits per heavy atom. The van der Waals surface area contributed by atoms with Crippen LogP contribution >= 0.6 is 11.6 Å². The lowest BCUT2D eigenvalue weighted by molar-refractivity contribution is -0.122. The number of urea groups is 1. The lowest BCUT2D eigenvalue weighted by atomic mass is 9.78. The van der Waals surface area contributed by atoms with Crippen molar-refractivity contribution in [2.45, 2.75) is 52.4 Å². The number of barbiturate groups is 1. The van der Waals surface area contributed by atoms with Crippen molar-refractivity contribution in [2.75, 3.05) is 4.90 Å². The molecule has 2 aromatic carbocycles. The van der Waals surface area contributed by atoms with Gasteiger partial charge in [0.05, 0.1) is 5.69 Å². The van der Waals surface area contributed by atoms with E-state index in [1.54, 1.807) is 24.3 Å². The van der Waals surface area contributed by atoms with Crippen LogP contribution in [-0.4, -0.2) is 23.0 Å². The van der Waals surface area contributed by atoms with Gasteiger partial charge in [-0.1, -0.05) is 53.1 Å². The second-order valence-corrected chi connectivity index (χ2v) is 10.3. The Balaban J connectivity index is 2.15. The number of amides is 4. The second-order valence-electron chi connectivity index (χ2n) is 9.90. The molecule has 6 nitrogen and oxygen atoms in total. The highest BCUT2D eigenvalue weighted by molar-refractivity contribution is 6.39. The summed E-state index contributed by atoms with van der Waals surface area (Å²) in [5, 5.41) is 13.6. The number of imide groups is 2. The van der Waals surface area contributed by atoms with Crippen molar-refractivity contribution >= 4 is 41.2 Å². The number of hydrogen-bond donors (Lipinski definition) is 2. The third kappa shape index (κ3) is 4.55. The topological polar surface area (TPSA) is 86.7 Å². The molecule has 0 saturated carbocycles. The van der Waals surface area contributed by atoms with Crippen LogP contribution < -0.4 is 10.2 Å². The highest BCUT2D eigenvalue weighted by atomic mass is 35.5. The van der Waals surface area contributed by atoms with Gasteiger partial charge in [-0.3, -0.25) is 14.9 Å². The van der Waals surface area contributed by atoms with Gasteiger partial charge >= 0.3 is 6.03 Å². The van der Waals surface area contributed by atoms with Crippen LogP contribution in [-0.2, 0) is 20.4 Å². The van der Waals surface area contributed by atoms with Gasteiger partial charge in [0.1, 0.15) is 11.3 Å². The van der Waals surface area contributed by atoms with Crippen molar-refractivity contribution in [3.05, 3.63) is 63.7 Å². The number of rotatable bonds is 2. The zero-order chi connectivity index (χ0) is 24.0. The van der Waals surface area contributed by atoms with Gasteiger partial charge < -0.3 is 5.11 Å². The zero-order valence-corrected chi connectivity index (χ0v) is 19.8. The van der Waals surface area contributed by atoms with Crippen LogP contribution in [0.3, 0.4) is 0 Å². The van der Waals surface area contributed by atoms with Crippen molar-refractivity contribution < 1.29 is 19.5 Å². The molecule has 0 unspecified atom stereocenters. The molecule has 0 aromatic heterocycles. The van der Waals surface area contributed by atoms with Gasteiger partial charge in [0.15, 0.2) is 0 Å². The molecule has 1 fully saturated rings. The number of carbonyl (C=O) groups excluding carboxylic acids is 3. The standard InChI is InChI=1S/C25H27ClN2O4/c1-24(2,3)18-12-14(13-19(20(18)29)25(4,5)6)11-17-21(30)27-23(32)28(22(17)31)16-9-7-15(26)8-10-16/h7-13,29H,1-6H3,(H,27,30,32)/b17-11+. The molecule has 0 spiro atoms. The molecule has 32 heavy (non-hydrogen) atoms. The number of phenols is 1. The second kappa shape index (κ2) is 8.10. The van der Waals surface area contributed by atoms with Crippen LogP contribution in [0.2, 0.25) is 5.02 Å². The number of halogens is 1. The molecule has 1 saturated heterocycles. The summed E-state index contributed by atoms with van der Waals surface area (Å²) in [6.45, 7) is 11.9. The maximum atomic E-state index is 13.2. The van der Waals surface area contributed by atoms with Crippen LogP contribution in [0, 0.1) is 0 Å². The van der Waals surface area contributed by atoms with Crippen LogP contribution in [0.25, 0.3) is 6.08 Å². The third-order valence-corrected chi connectivity index (χ3v) is 5.50. The van der Waals surface area contributed by atoms with Gasteiger partial charge in [-0.25, -0.2) is 9.69 Å². The Hall–Kier alpha value is -3.12. The average Bonchev–Trinajstić information content (AvgIpc) is 2.65. The first kappa shape index (κ1) is 23.5. The SMILES string of the molecule is CC(C)(C)c1cc(/C=C2\C(=O)NC(=O)N(c3ccc(Cl)cc3)C2=O)cc(C(C)(C)C)c1O. The molecular weight excluding hydrogens is 428 g/mol. The molecule has 2 N–H and O–H groups in total. The van der Waals surface area contributed by atoms with E-state index in [0.29, 0.717) is 27.4 Å². The molecule has 7 heteroatoms. The smallest absolute Gasteiger partial charge is 0.335 e. The molecule has 2 aromatic rings. The van der Waals surface area contributed by atoms with E-state index in [2.05, 4.69) is 5.32 Å². The fourth-order valence-corrected chi connectivity index (χ4v) is 3.66. The normalized spacial score (nSPS) is 16.5. The number of benzene rings is 2. The Morgan fingerprint density at radius 2 is 1.41 bits per heavy atom. The fraction of sp³-hybridized carbons (Fsp3) is 0.320. The Labute approximate surface area is 192 Å². The van der Waals surface area contributed by atoms with E-state index in [-0.39, 0.29) is 22.2 Å². The van der Waals surface area contributed by atoms with Gasteiger partial charge in [-0.2, -0.15) is 0 Å². The maximum absolute atomic E-state index is 13.2. The molecule has 0 bridgehead atoms. The minimum atomic E-state index is -0.823. The summed E-state index contributed by atoms with van der Waals surface area (Å²) >= 11 is 5.91. The highest BCUT2D eigenvalue weighted by Gasteiger charge is 2.37. The van der Waals surface area contributed by atoms with E-state index in [1.807, 2.05) is 41.5 Å². The Kier molecular flexibility index (Phi) is 5.96. The number of nitrogens with zero attached hydrogens (tertiary/aromatic N) is 1. The minimum absolute atomic E-state index is 0.176. The molecule has 0 aliphatic carbocycles. The van der Waals surface area contributed by atoms with Crippen molar-refractivity contribution in [1.29, 1.82) is 0 Å². The summed E-state index contributed by atoms with van der Waals surface area (Å²) in [7, 11) is 0. The number of nitrogens with one attached hydrogen (secondary N) is 1. The molecule has 1 aliphatic rings. The maximum Gasteiger partial charge on any atom is 0.335 e. The van der Waals surface area contributed by atoms with E-state index < -0.39 is 17.8 Å². The van der Waals surface area contributed by atoms with E-state index >= 15 is 0 Å². The molecule has 1 heterocycles. The summed E-state index contributed by atoms with van der Waals surface area (Å²) in [5.74, 6) is -1.30.